The van der Waals surface area contributed by atoms with Gasteiger partial charge in [-0.25, -0.2) is 0 Å². The molecule has 0 spiro atoms. The van der Waals surface area contributed by atoms with Crippen LogP contribution in [0.25, 0.3) is 0 Å². The molecule has 0 fully saturated rings. The Morgan fingerprint density at radius 2 is 1.83 bits per heavy atom. The molecular weight excluding hydrogens is 288 g/mol. The molecule has 0 saturated carbocycles. The molecule has 0 bridgehead atoms. The monoisotopic (exact) mass is 310 g/mol. The molecule has 3 rings (SSSR count). The SMILES string of the molecule is COc1cc2c(cc1OC)C(Nc1cccc(C)c1)=NC(C)C2. The summed E-state index contributed by atoms with van der Waals surface area (Å²) in [6.45, 7) is 4.20. The van der Waals surface area contributed by atoms with Gasteiger partial charge in [0, 0.05) is 11.3 Å². The summed E-state index contributed by atoms with van der Waals surface area (Å²) in [6, 6.07) is 12.6. The molecule has 1 unspecified atom stereocenters. The zero-order valence-corrected chi connectivity index (χ0v) is 14.0. The van der Waals surface area contributed by atoms with Crippen molar-refractivity contribution < 1.29 is 9.47 Å². The Morgan fingerprint density at radius 1 is 1.09 bits per heavy atom. The quantitative estimate of drug-likeness (QED) is 0.937. The third-order valence-electron chi connectivity index (χ3n) is 4.01. The minimum Gasteiger partial charge on any atom is -0.493 e. The Balaban J connectivity index is 2.02. The van der Waals surface area contributed by atoms with E-state index in [0.717, 1.165) is 35.0 Å². The Bertz CT molecular complexity index is 753. The number of fused-ring (bicyclic) bond motifs is 1. The Kier molecular flexibility index (Phi) is 4.24. The average molecular weight is 310 g/mol. The Labute approximate surface area is 137 Å². The van der Waals surface area contributed by atoms with Crippen molar-refractivity contribution >= 4 is 11.5 Å². The van der Waals surface area contributed by atoms with Gasteiger partial charge in [-0.15, -0.1) is 0 Å². The highest BCUT2D eigenvalue weighted by atomic mass is 16.5. The van der Waals surface area contributed by atoms with Gasteiger partial charge in [0.15, 0.2) is 11.5 Å². The minimum absolute atomic E-state index is 0.230. The fourth-order valence-electron chi connectivity index (χ4n) is 2.92. The predicted octanol–water partition coefficient (Wildman–Crippen LogP) is 3.82. The van der Waals surface area contributed by atoms with Crippen LogP contribution in [0.15, 0.2) is 41.4 Å². The van der Waals surface area contributed by atoms with E-state index in [1.165, 1.54) is 11.1 Å². The molecule has 2 aromatic rings. The number of aliphatic imine (C=N–C) groups is 1. The van der Waals surface area contributed by atoms with Crippen LogP contribution in [0.5, 0.6) is 11.5 Å². The standard InChI is InChI=1S/C19H22N2O2/c1-12-6-5-7-15(8-12)21-19-16-11-18(23-4)17(22-3)10-14(16)9-13(2)20-19/h5-8,10-11,13H,9H2,1-4H3,(H,20,21). The van der Waals surface area contributed by atoms with E-state index in [4.69, 9.17) is 14.5 Å². The number of rotatable bonds is 3. The summed E-state index contributed by atoms with van der Waals surface area (Å²) in [5, 5.41) is 3.45. The molecule has 0 amide bonds. The second-order valence-electron chi connectivity index (χ2n) is 5.89. The average Bonchev–Trinajstić information content (AvgIpc) is 2.53. The highest BCUT2D eigenvalue weighted by molar-refractivity contribution is 6.10. The first-order valence-corrected chi connectivity index (χ1v) is 7.77. The van der Waals surface area contributed by atoms with E-state index in [1.807, 2.05) is 12.1 Å². The van der Waals surface area contributed by atoms with Crippen molar-refractivity contribution in [1.29, 1.82) is 0 Å². The summed E-state index contributed by atoms with van der Waals surface area (Å²) in [7, 11) is 3.32. The van der Waals surface area contributed by atoms with Crippen LogP contribution in [0, 0.1) is 6.92 Å². The highest BCUT2D eigenvalue weighted by Crippen LogP contribution is 2.33. The van der Waals surface area contributed by atoms with Crippen molar-refractivity contribution in [2.75, 3.05) is 19.5 Å². The fraction of sp³-hybridized carbons (Fsp3) is 0.316. The fourth-order valence-corrected chi connectivity index (χ4v) is 2.92. The molecule has 1 heterocycles. The topological polar surface area (TPSA) is 42.9 Å². The molecule has 4 nitrogen and oxygen atoms in total. The molecule has 1 aliphatic heterocycles. The van der Waals surface area contributed by atoms with Crippen molar-refractivity contribution in [2.24, 2.45) is 4.99 Å². The number of ether oxygens (including phenoxy) is 2. The first-order valence-electron chi connectivity index (χ1n) is 7.77. The maximum absolute atomic E-state index is 5.44. The molecule has 23 heavy (non-hydrogen) atoms. The number of methoxy groups -OCH3 is 2. The van der Waals surface area contributed by atoms with Crippen LogP contribution in [0.1, 0.15) is 23.6 Å². The van der Waals surface area contributed by atoms with Gasteiger partial charge in [-0.05, 0) is 55.7 Å². The molecule has 0 radical (unpaired) electrons. The first kappa shape index (κ1) is 15.4. The summed E-state index contributed by atoms with van der Waals surface area (Å²) >= 11 is 0. The van der Waals surface area contributed by atoms with Gasteiger partial charge in [0.1, 0.15) is 5.84 Å². The first-order chi connectivity index (χ1) is 11.1. The van der Waals surface area contributed by atoms with Gasteiger partial charge in [-0.2, -0.15) is 0 Å². The highest BCUT2D eigenvalue weighted by Gasteiger charge is 2.21. The van der Waals surface area contributed by atoms with Gasteiger partial charge in [0.25, 0.3) is 0 Å². The van der Waals surface area contributed by atoms with Gasteiger partial charge in [-0.3, -0.25) is 4.99 Å². The van der Waals surface area contributed by atoms with Crippen molar-refractivity contribution in [3.63, 3.8) is 0 Å². The number of nitrogens with zero attached hydrogens (tertiary/aromatic N) is 1. The van der Waals surface area contributed by atoms with E-state index in [0.29, 0.717) is 0 Å². The van der Waals surface area contributed by atoms with E-state index in [2.05, 4.69) is 43.4 Å². The summed E-state index contributed by atoms with van der Waals surface area (Å²) in [5.41, 5.74) is 4.55. The lowest BCUT2D eigenvalue weighted by Gasteiger charge is -2.24. The number of hydrogen-bond donors (Lipinski definition) is 1. The maximum atomic E-state index is 5.44. The second-order valence-corrected chi connectivity index (χ2v) is 5.89. The second kappa shape index (κ2) is 6.32. The van der Waals surface area contributed by atoms with Gasteiger partial charge in [-0.1, -0.05) is 12.1 Å². The van der Waals surface area contributed by atoms with Crippen LogP contribution in [-0.4, -0.2) is 26.1 Å². The van der Waals surface area contributed by atoms with E-state index < -0.39 is 0 Å². The van der Waals surface area contributed by atoms with Crippen molar-refractivity contribution in [1.82, 2.24) is 0 Å². The molecular formula is C19H22N2O2. The van der Waals surface area contributed by atoms with Crippen molar-refractivity contribution in [3.8, 4) is 11.5 Å². The number of benzene rings is 2. The predicted molar refractivity (Wildman–Crippen MR) is 94.1 cm³/mol. The molecule has 0 aliphatic carbocycles. The third-order valence-corrected chi connectivity index (χ3v) is 4.01. The Morgan fingerprint density at radius 3 is 2.52 bits per heavy atom. The molecule has 2 aromatic carbocycles. The van der Waals surface area contributed by atoms with Gasteiger partial charge in [0.2, 0.25) is 0 Å². The smallest absolute Gasteiger partial charge is 0.161 e. The van der Waals surface area contributed by atoms with Crippen molar-refractivity contribution in [3.05, 3.63) is 53.1 Å². The van der Waals surface area contributed by atoms with Crippen LogP contribution in [0.2, 0.25) is 0 Å². The van der Waals surface area contributed by atoms with Crippen LogP contribution in [-0.2, 0) is 6.42 Å². The van der Waals surface area contributed by atoms with Crippen LogP contribution in [0.4, 0.5) is 5.69 Å². The molecule has 1 atom stereocenters. The lowest BCUT2D eigenvalue weighted by molar-refractivity contribution is 0.354. The van der Waals surface area contributed by atoms with Gasteiger partial charge in [0.05, 0.1) is 20.3 Å². The normalized spacial score (nSPS) is 16.3. The molecule has 1 N–H and O–H groups in total. The summed E-state index contributed by atoms with van der Waals surface area (Å²) in [4.78, 5) is 4.79. The lowest BCUT2D eigenvalue weighted by atomic mass is 9.96. The van der Waals surface area contributed by atoms with E-state index in [9.17, 15) is 0 Å². The molecule has 4 heteroatoms. The summed E-state index contributed by atoms with van der Waals surface area (Å²) < 4.78 is 10.9. The Hall–Kier alpha value is -2.49. The number of amidine groups is 1. The van der Waals surface area contributed by atoms with Crippen LogP contribution in [0.3, 0.4) is 0 Å². The van der Waals surface area contributed by atoms with E-state index >= 15 is 0 Å². The maximum Gasteiger partial charge on any atom is 0.161 e. The molecule has 120 valence electrons. The van der Waals surface area contributed by atoms with Gasteiger partial charge < -0.3 is 14.8 Å². The minimum atomic E-state index is 0.230. The largest absolute Gasteiger partial charge is 0.493 e. The number of hydrogen-bond acceptors (Lipinski definition) is 4. The van der Waals surface area contributed by atoms with Gasteiger partial charge >= 0.3 is 0 Å². The van der Waals surface area contributed by atoms with Crippen molar-refractivity contribution in [2.45, 2.75) is 26.3 Å². The zero-order valence-electron chi connectivity index (χ0n) is 14.0. The lowest BCUT2D eigenvalue weighted by Crippen LogP contribution is -2.24. The number of nitrogens with one attached hydrogen (secondary N) is 1. The third kappa shape index (κ3) is 3.16. The zero-order chi connectivity index (χ0) is 16.4. The molecule has 1 aliphatic rings. The van der Waals surface area contributed by atoms with Crippen LogP contribution >= 0.6 is 0 Å². The van der Waals surface area contributed by atoms with E-state index in [1.54, 1.807) is 14.2 Å². The number of anilines is 1. The summed E-state index contributed by atoms with van der Waals surface area (Å²) in [6.07, 6.45) is 0.898. The number of aryl methyl sites for hydroxylation is 1. The summed E-state index contributed by atoms with van der Waals surface area (Å²) in [5.74, 6) is 2.36. The van der Waals surface area contributed by atoms with Crippen LogP contribution < -0.4 is 14.8 Å². The molecule has 0 aromatic heterocycles. The van der Waals surface area contributed by atoms with E-state index in [-0.39, 0.29) is 6.04 Å². The molecule has 0 saturated heterocycles.